The Morgan fingerprint density at radius 1 is 0.681 bits per heavy atom. The summed E-state index contributed by atoms with van der Waals surface area (Å²) in [6.07, 6.45) is 1.14. The molecule has 4 rings (SSSR count). The number of carboxylic acids is 2. The van der Waals surface area contributed by atoms with Crippen LogP contribution in [0.15, 0.2) is 85.1 Å². The van der Waals surface area contributed by atoms with Crippen molar-refractivity contribution >= 4 is 40.6 Å². The number of carbonyl (C=O) groups is 5. The second-order valence-electron chi connectivity index (χ2n) is 11.2. The second kappa shape index (κ2) is 16.0. The molecule has 0 bridgehead atoms. The van der Waals surface area contributed by atoms with E-state index in [-0.39, 0.29) is 37.9 Å². The van der Waals surface area contributed by atoms with E-state index in [9.17, 15) is 34.2 Å². The molecule has 4 unspecified atom stereocenters. The summed E-state index contributed by atoms with van der Waals surface area (Å²) in [5.74, 6) is -4.64. The number of carbonyl (C=O) groups excluding carboxylic acids is 3. The lowest BCUT2D eigenvalue weighted by atomic mass is 10.0. The molecule has 0 fully saturated rings. The van der Waals surface area contributed by atoms with Crippen molar-refractivity contribution < 1.29 is 39.3 Å². The maximum absolute atomic E-state index is 13.9. The first-order chi connectivity index (χ1) is 22.5. The predicted molar refractivity (Wildman–Crippen MR) is 172 cm³/mol. The summed E-state index contributed by atoms with van der Waals surface area (Å²) in [6.45, 7) is 0. The Bertz CT molecular complexity index is 1710. The highest BCUT2D eigenvalue weighted by atomic mass is 16.4. The Morgan fingerprint density at radius 3 is 1.89 bits per heavy atom. The number of aromatic hydroxyl groups is 1. The molecule has 0 saturated carbocycles. The van der Waals surface area contributed by atoms with Gasteiger partial charge < -0.3 is 42.0 Å². The summed E-state index contributed by atoms with van der Waals surface area (Å²) in [4.78, 5) is 66.8. The van der Waals surface area contributed by atoms with E-state index in [0.29, 0.717) is 16.7 Å². The minimum atomic E-state index is -1.35. The van der Waals surface area contributed by atoms with Crippen molar-refractivity contribution in [3.63, 3.8) is 0 Å². The summed E-state index contributed by atoms with van der Waals surface area (Å²) in [7, 11) is 0. The monoisotopic (exact) mass is 643 g/mol. The third kappa shape index (κ3) is 9.90. The standard InChI is InChI=1S/C34H37N5O8/c35-25(14-15-30(41)42)31(43)37-28(18-22-19-36-26-9-5-4-8-24(22)26)33(45)38-27(16-20-6-2-1-3-7-20)32(44)39-29(34(46)47)17-21-10-12-23(40)13-11-21/h1-13,19,25,27-29,36,40H,14-18,35H2,(H,37,43)(H,38,45)(H,39,44)(H,41,42)(H,46,47). The Hall–Kier alpha value is -5.69. The highest BCUT2D eigenvalue weighted by Crippen LogP contribution is 2.20. The number of aliphatic carboxylic acids is 2. The van der Waals surface area contributed by atoms with Crippen molar-refractivity contribution in [2.75, 3.05) is 0 Å². The number of carboxylic acid groups (broad SMARTS) is 2. The van der Waals surface area contributed by atoms with Crippen LogP contribution in [0.1, 0.15) is 29.5 Å². The van der Waals surface area contributed by atoms with Gasteiger partial charge in [-0.3, -0.25) is 19.2 Å². The quantitative estimate of drug-likeness (QED) is 0.0887. The summed E-state index contributed by atoms with van der Waals surface area (Å²) in [5.41, 5.74) is 8.68. The van der Waals surface area contributed by atoms with Crippen LogP contribution in [0.3, 0.4) is 0 Å². The fourth-order valence-corrected chi connectivity index (χ4v) is 5.09. The molecule has 0 spiro atoms. The van der Waals surface area contributed by atoms with E-state index in [1.54, 1.807) is 48.7 Å². The molecule has 246 valence electrons. The van der Waals surface area contributed by atoms with Crippen LogP contribution in [0.4, 0.5) is 0 Å². The van der Waals surface area contributed by atoms with Crippen molar-refractivity contribution in [2.24, 2.45) is 5.73 Å². The Morgan fingerprint density at radius 2 is 1.23 bits per heavy atom. The molecule has 0 aliphatic rings. The molecule has 4 atom stereocenters. The number of para-hydroxylation sites is 1. The maximum Gasteiger partial charge on any atom is 0.326 e. The molecule has 0 aliphatic carbocycles. The van der Waals surface area contributed by atoms with E-state index in [1.165, 1.54) is 12.1 Å². The minimum absolute atomic E-state index is 0.00547. The third-order valence-electron chi connectivity index (χ3n) is 7.64. The summed E-state index contributed by atoms with van der Waals surface area (Å²) >= 11 is 0. The first-order valence-electron chi connectivity index (χ1n) is 15.0. The van der Waals surface area contributed by atoms with Gasteiger partial charge in [-0.25, -0.2) is 4.79 Å². The molecule has 47 heavy (non-hydrogen) atoms. The van der Waals surface area contributed by atoms with Gasteiger partial charge in [-0.15, -0.1) is 0 Å². The van der Waals surface area contributed by atoms with E-state index >= 15 is 0 Å². The molecule has 3 amide bonds. The van der Waals surface area contributed by atoms with Gasteiger partial charge in [0, 0.05) is 42.8 Å². The number of rotatable bonds is 16. The highest BCUT2D eigenvalue weighted by Gasteiger charge is 2.31. The number of phenolic OH excluding ortho intramolecular Hbond substituents is 1. The fourth-order valence-electron chi connectivity index (χ4n) is 5.09. The smallest absolute Gasteiger partial charge is 0.326 e. The van der Waals surface area contributed by atoms with Crippen molar-refractivity contribution in [2.45, 2.75) is 56.3 Å². The Labute approximate surface area is 270 Å². The zero-order valence-corrected chi connectivity index (χ0v) is 25.4. The molecule has 1 aromatic heterocycles. The van der Waals surface area contributed by atoms with Gasteiger partial charge >= 0.3 is 11.9 Å². The second-order valence-corrected chi connectivity index (χ2v) is 11.2. The van der Waals surface area contributed by atoms with Gasteiger partial charge in [-0.05, 0) is 41.3 Å². The summed E-state index contributed by atoms with van der Waals surface area (Å²) in [6, 6.07) is 17.1. The zero-order valence-electron chi connectivity index (χ0n) is 25.4. The number of nitrogens with one attached hydrogen (secondary N) is 4. The molecule has 0 aliphatic heterocycles. The van der Waals surface area contributed by atoms with Crippen LogP contribution >= 0.6 is 0 Å². The number of H-pyrrole nitrogens is 1. The van der Waals surface area contributed by atoms with Crippen LogP contribution in [0.25, 0.3) is 10.9 Å². The Kier molecular flexibility index (Phi) is 11.7. The van der Waals surface area contributed by atoms with Crippen molar-refractivity contribution in [1.29, 1.82) is 0 Å². The number of nitrogens with two attached hydrogens (primary N) is 1. The average molecular weight is 644 g/mol. The number of hydrogen-bond acceptors (Lipinski definition) is 7. The normalized spacial score (nSPS) is 13.6. The lowest BCUT2D eigenvalue weighted by Crippen LogP contribution is -2.58. The number of amides is 3. The van der Waals surface area contributed by atoms with Gasteiger partial charge in [0.25, 0.3) is 0 Å². The highest BCUT2D eigenvalue weighted by molar-refractivity contribution is 5.95. The van der Waals surface area contributed by atoms with Crippen LogP contribution < -0.4 is 21.7 Å². The predicted octanol–water partition coefficient (Wildman–Crippen LogP) is 1.63. The largest absolute Gasteiger partial charge is 0.508 e. The lowest BCUT2D eigenvalue weighted by molar-refractivity contribution is -0.142. The number of phenols is 1. The average Bonchev–Trinajstić information content (AvgIpc) is 3.46. The molecule has 3 aromatic carbocycles. The van der Waals surface area contributed by atoms with Crippen molar-refractivity contribution in [3.05, 3.63) is 102 Å². The molecular weight excluding hydrogens is 606 g/mol. The third-order valence-corrected chi connectivity index (χ3v) is 7.64. The van der Waals surface area contributed by atoms with Crippen LogP contribution in [-0.4, -0.2) is 74.1 Å². The first kappa shape index (κ1) is 34.2. The Balaban J connectivity index is 1.58. The number of aromatic nitrogens is 1. The molecule has 0 radical (unpaired) electrons. The van der Waals surface area contributed by atoms with Crippen molar-refractivity contribution in [3.8, 4) is 5.75 Å². The van der Waals surface area contributed by atoms with Crippen LogP contribution in [0.5, 0.6) is 5.75 Å². The van der Waals surface area contributed by atoms with E-state index in [0.717, 1.165) is 10.9 Å². The van der Waals surface area contributed by atoms with Crippen LogP contribution in [0, 0.1) is 0 Å². The van der Waals surface area contributed by atoms with E-state index in [4.69, 9.17) is 10.8 Å². The number of aromatic amines is 1. The molecule has 13 nitrogen and oxygen atoms in total. The summed E-state index contributed by atoms with van der Waals surface area (Å²) in [5, 5.41) is 37.1. The maximum atomic E-state index is 13.9. The molecule has 4 aromatic rings. The van der Waals surface area contributed by atoms with Gasteiger partial charge in [-0.2, -0.15) is 0 Å². The molecular formula is C34H37N5O8. The van der Waals surface area contributed by atoms with Crippen LogP contribution in [0.2, 0.25) is 0 Å². The molecule has 0 saturated heterocycles. The summed E-state index contributed by atoms with van der Waals surface area (Å²) < 4.78 is 0. The van der Waals surface area contributed by atoms with Gasteiger partial charge in [0.15, 0.2) is 0 Å². The van der Waals surface area contributed by atoms with Gasteiger partial charge in [-0.1, -0.05) is 60.7 Å². The number of fused-ring (bicyclic) bond motifs is 1. The fraction of sp³-hybridized carbons (Fsp3) is 0.265. The van der Waals surface area contributed by atoms with Crippen molar-refractivity contribution in [1.82, 2.24) is 20.9 Å². The topological polar surface area (TPSA) is 224 Å². The van der Waals surface area contributed by atoms with E-state index in [1.807, 2.05) is 24.3 Å². The molecule has 1 heterocycles. The lowest BCUT2D eigenvalue weighted by Gasteiger charge is -2.25. The first-order valence-corrected chi connectivity index (χ1v) is 15.0. The SMILES string of the molecule is NC(CCC(=O)O)C(=O)NC(Cc1c[nH]c2ccccc12)C(=O)NC(Cc1ccccc1)C(=O)NC(Cc1ccc(O)cc1)C(=O)O. The molecule has 13 heteroatoms. The number of benzene rings is 3. The van der Waals surface area contributed by atoms with Gasteiger partial charge in [0.1, 0.15) is 23.9 Å². The number of hydrogen-bond donors (Lipinski definition) is 8. The van der Waals surface area contributed by atoms with E-state index < -0.39 is 53.8 Å². The minimum Gasteiger partial charge on any atom is -0.508 e. The van der Waals surface area contributed by atoms with Gasteiger partial charge in [0.05, 0.1) is 6.04 Å². The van der Waals surface area contributed by atoms with E-state index in [2.05, 4.69) is 20.9 Å². The van der Waals surface area contributed by atoms with Gasteiger partial charge in [0.2, 0.25) is 17.7 Å². The molecule has 9 N–H and O–H groups in total. The van der Waals surface area contributed by atoms with Crippen LogP contribution in [-0.2, 0) is 43.2 Å². The zero-order chi connectivity index (χ0) is 33.9.